The van der Waals surface area contributed by atoms with Gasteiger partial charge in [-0.2, -0.15) is 26.7 Å². The minimum absolute atomic E-state index is 0.0402. The zero-order valence-corrected chi connectivity index (χ0v) is 31.7. The number of halogens is 3. The number of fused-ring (bicyclic) bond motifs is 1. The van der Waals surface area contributed by atoms with Crippen LogP contribution in [0.15, 0.2) is 33.9 Å². The standard InChI is InChI=1S/C22H28N8O8S3.C3H3F3O2.C2H6.CH2O2/c1-22(2)17(19(32)30(22)38-41(33,34)35)28-18(31)16(15-11-40-20(24)25-15)29-37-8-7-36-12-4-5-13-14(10-12)27-21(26-13)39-9-3-6-23;1-8-2(7)3(4,5)6;1-2;2-1-3/h4-5,10-11,17H,3,6-9,23H2,1-2H3,(H2,24,25)(H,26,27)(H,28,31)(H,33,34,35);1H3;1-2H3;1H,(H,2,3)/b29-16-;;;. The maximum absolute atomic E-state index is 13.1. The molecule has 1 saturated heterocycles. The fourth-order valence-corrected chi connectivity index (χ4v) is 5.67. The number of amides is 2. The van der Waals surface area contributed by atoms with Crippen molar-refractivity contribution in [3.8, 4) is 5.75 Å². The molecule has 1 aromatic carbocycles. The molecule has 3 aromatic rings. The summed E-state index contributed by atoms with van der Waals surface area (Å²) in [6.07, 6.45) is -3.96. The SMILES string of the molecule is CC.CC1(C)C(NC(=O)/C(=N\OCCOc2ccc3nc(SCCCN)[nH]c3c2)c2csc(N)n2)C(=O)N1OS(=O)(=O)O.COC(=O)C(F)(F)F.O=CO. The van der Waals surface area contributed by atoms with Gasteiger partial charge in [-0.3, -0.25) is 18.9 Å². The number of ether oxygens (including phenoxy) is 2. The van der Waals surface area contributed by atoms with Gasteiger partial charge >= 0.3 is 22.5 Å². The van der Waals surface area contributed by atoms with E-state index >= 15 is 0 Å². The minimum Gasteiger partial charge on any atom is -0.490 e. The first-order valence-corrected chi connectivity index (χ1v) is 18.4. The molecule has 8 N–H and O–H groups in total. The summed E-state index contributed by atoms with van der Waals surface area (Å²) in [5.41, 5.74) is 11.4. The van der Waals surface area contributed by atoms with Crippen LogP contribution in [0.5, 0.6) is 5.75 Å². The number of carbonyl (C=O) groups is 4. The Labute approximate surface area is 314 Å². The normalized spacial score (nSPS) is 14.9. The molecule has 1 aliphatic rings. The summed E-state index contributed by atoms with van der Waals surface area (Å²) in [5.74, 6) is -2.47. The van der Waals surface area contributed by atoms with E-state index in [9.17, 15) is 36.0 Å². The second-order valence-electron chi connectivity index (χ2n) is 10.2. The summed E-state index contributed by atoms with van der Waals surface area (Å²) >= 11 is 2.65. The van der Waals surface area contributed by atoms with Gasteiger partial charge in [0.1, 0.15) is 24.1 Å². The van der Waals surface area contributed by atoms with Gasteiger partial charge in [0.15, 0.2) is 22.6 Å². The summed E-state index contributed by atoms with van der Waals surface area (Å²) in [5, 5.41) is 16.1. The molecule has 1 fully saturated rings. The lowest BCUT2D eigenvalue weighted by Gasteiger charge is -2.50. The van der Waals surface area contributed by atoms with Crippen molar-refractivity contribution in [2.45, 2.75) is 57.0 Å². The van der Waals surface area contributed by atoms with Crippen LogP contribution in [0, 0.1) is 0 Å². The van der Waals surface area contributed by atoms with Crippen molar-refractivity contribution in [3.63, 3.8) is 0 Å². The number of anilines is 1. The number of alkyl halides is 3. The zero-order chi connectivity index (χ0) is 41.3. The van der Waals surface area contributed by atoms with Gasteiger partial charge in [0, 0.05) is 17.2 Å². The lowest BCUT2D eigenvalue weighted by molar-refractivity contribution is -0.218. The minimum atomic E-state index is -4.94. The molecule has 26 heteroatoms. The third-order valence-corrected chi connectivity index (χ3v) is 8.11. The number of thiazole rings is 1. The molecule has 20 nitrogen and oxygen atoms in total. The summed E-state index contributed by atoms with van der Waals surface area (Å²) in [7, 11) is -4.27. The number of hydrogen-bond donors (Lipinski definition) is 6. The van der Waals surface area contributed by atoms with Gasteiger partial charge in [0.2, 0.25) is 0 Å². The number of aromatic nitrogens is 3. The molecule has 2 aromatic heterocycles. The van der Waals surface area contributed by atoms with Crippen molar-refractivity contribution < 1.29 is 69.0 Å². The number of oxime groups is 1. The lowest BCUT2D eigenvalue weighted by Crippen LogP contribution is -2.76. The van der Waals surface area contributed by atoms with E-state index in [-0.39, 0.29) is 36.2 Å². The van der Waals surface area contributed by atoms with Gasteiger partial charge in [-0.1, -0.05) is 30.8 Å². The molecule has 0 aliphatic carbocycles. The first-order chi connectivity index (χ1) is 25.3. The maximum Gasteiger partial charge on any atom is 0.490 e. The number of esters is 1. The van der Waals surface area contributed by atoms with Crippen LogP contribution in [0.4, 0.5) is 18.3 Å². The molecular weight excluding hydrogens is 794 g/mol. The Morgan fingerprint density at radius 2 is 1.89 bits per heavy atom. The van der Waals surface area contributed by atoms with Crippen molar-refractivity contribution in [3.05, 3.63) is 29.3 Å². The van der Waals surface area contributed by atoms with Gasteiger partial charge in [-0.05, 0) is 38.9 Å². The number of aromatic amines is 1. The zero-order valence-electron chi connectivity index (χ0n) is 29.3. The van der Waals surface area contributed by atoms with Gasteiger partial charge in [0.05, 0.1) is 23.7 Å². The van der Waals surface area contributed by atoms with E-state index in [2.05, 4.69) is 34.4 Å². The van der Waals surface area contributed by atoms with E-state index in [1.165, 1.54) is 19.2 Å². The van der Waals surface area contributed by atoms with Crippen molar-refractivity contribution >= 4 is 79.6 Å². The number of nitrogens with two attached hydrogens (primary N) is 2. The summed E-state index contributed by atoms with van der Waals surface area (Å²) in [6.45, 7) is 7.27. The number of nitrogens with one attached hydrogen (secondary N) is 2. The molecule has 0 radical (unpaired) electrons. The van der Waals surface area contributed by atoms with E-state index in [1.54, 1.807) is 17.8 Å². The number of nitrogens with zero attached hydrogens (tertiary/aromatic N) is 4. The molecule has 302 valence electrons. The largest absolute Gasteiger partial charge is 0.490 e. The monoisotopic (exact) mass is 832 g/mol. The Bertz CT molecular complexity index is 1840. The number of hydroxylamine groups is 2. The van der Waals surface area contributed by atoms with E-state index < -0.39 is 45.9 Å². The number of carbonyl (C=O) groups excluding carboxylic acids is 3. The van der Waals surface area contributed by atoms with E-state index in [0.29, 0.717) is 24.5 Å². The van der Waals surface area contributed by atoms with Crippen LogP contribution in [-0.2, 0) is 43.4 Å². The van der Waals surface area contributed by atoms with Crippen LogP contribution in [0.25, 0.3) is 11.0 Å². The Morgan fingerprint density at radius 3 is 2.39 bits per heavy atom. The molecule has 4 rings (SSSR count). The number of H-pyrrole nitrogens is 1. The lowest BCUT2D eigenvalue weighted by atomic mass is 9.84. The van der Waals surface area contributed by atoms with Crippen LogP contribution in [0.1, 0.15) is 39.8 Å². The highest BCUT2D eigenvalue weighted by Crippen LogP contribution is 2.33. The van der Waals surface area contributed by atoms with E-state index in [0.717, 1.165) is 39.7 Å². The van der Waals surface area contributed by atoms with Gasteiger partial charge in [0.25, 0.3) is 18.3 Å². The predicted molar refractivity (Wildman–Crippen MR) is 189 cm³/mol. The molecular formula is C28H39F3N8O12S3. The van der Waals surface area contributed by atoms with E-state index in [4.69, 9.17) is 35.5 Å². The van der Waals surface area contributed by atoms with Crippen molar-refractivity contribution in [2.75, 3.05) is 38.4 Å². The number of hydrogen-bond acceptors (Lipinski definition) is 17. The Kier molecular flexibility index (Phi) is 19.1. The summed E-state index contributed by atoms with van der Waals surface area (Å²) in [4.78, 5) is 60.4. The number of imidazole rings is 1. The Hall–Kier alpha value is -4.76. The third kappa shape index (κ3) is 14.6. The van der Waals surface area contributed by atoms with Crippen LogP contribution >= 0.6 is 23.1 Å². The van der Waals surface area contributed by atoms with Crippen LogP contribution in [0.3, 0.4) is 0 Å². The second-order valence-corrected chi connectivity index (χ2v) is 13.2. The van der Waals surface area contributed by atoms with Crippen LogP contribution in [-0.4, -0.2) is 118 Å². The average molecular weight is 833 g/mol. The molecule has 1 atom stereocenters. The molecule has 54 heavy (non-hydrogen) atoms. The predicted octanol–water partition coefficient (Wildman–Crippen LogP) is 2.13. The first-order valence-electron chi connectivity index (χ1n) is 15.2. The van der Waals surface area contributed by atoms with Gasteiger partial charge in [-0.25, -0.2) is 14.8 Å². The Balaban J connectivity index is 0.000000971. The number of carboxylic acid groups (broad SMARTS) is 1. The topological polar surface area (TPSA) is 301 Å². The fourth-order valence-electron chi connectivity index (χ4n) is 3.82. The second kappa shape index (κ2) is 21.8. The first kappa shape index (κ1) is 47.3. The van der Waals surface area contributed by atoms with Crippen molar-refractivity contribution in [2.24, 2.45) is 10.9 Å². The van der Waals surface area contributed by atoms with Gasteiger partial charge in [-0.15, -0.1) is 15.6 Å². The highest BCUT2D eigenvalue weighted by atomic mass is 32.3. The van der Waals surface area contributed by atoms with E-state index in [1.807, 2.05) is 26.0 Å². The van der Waals surface area contributed by atoms with Crippen molar-refractivity contribution in [1.82, 2.24) is 25.3 Å². The smallest absolute Gasteiger partial charge is 0.490 e. The molecule has 0 saturated carbocycles. The number of benzene rings is 1. The molecule has 0 spiro atoms. The van der Waals surface area contributed by atoms with Crippen LogP contribution < -0.4 is 21.5 Å². The highest BCUT2D eigenvalue weighted by molar-refractivity contribution is 7.99. The fraction of sp³-hybridized carbons (Fsp3) is 0.464. The summed E-state index contributed by atoms with van der Waals surface area (Å²) < 4.78 is 77.3. The van der Waals surface area contributed by atoms with Gasteiger partial charge < -0.3 is 41.2 Å². The number of nitrogen functional groups attached to an aromatic ring is 1. The molecule has 1 aliphatic heterocycles. The van der Waals surface area contributed by atoms with Crippen molar-refractivity contribution in [1.29, 1.82) is 0 Å². The Morgan fingerprint density at radius 1 is 1.24 bits per heavy atom. The molecule has 0 bridgehead atoms. The quantitative estimate of drug-likeness (QED) is 0.0198. The summed E-state index contributed by atoms with van der Waals surface area (Å²) in [6, 6.07) is 4.21. The molecule has 1 unspecified atom stereocenters. The average Bonchev–Trinajstić information content (AvgIpc) is 3.73. The number of thioether (sulfide) groups is 1. The molecule has 3 heterocycles. The van der Waals surface area contributed by atoms with Crippen LogP contribution in [0.2, 0.25) is 0 Å². The number of rotatable bonds is 14. The molecule has 2 amide bonds. The number of β-lactam (4-membered cyclic amide) rings is 1. The highest BCUT2D eigenvalue weighted by Gasteiger charge is 2.58. The third-order valence-electron chi connectivity index (χ3n) is 6.14. The maximum atomic E-state index is 13.1. The number of methoxy groups -OCH3 is 1.